The molecule has 0 aliphatic carbocycles. The Morgan fingerprint density at radius 3 is 2.62 bits per heavy atom. The van der Waals surface area contributed by atoms with E-state index in [1.54, 1.807) is 7.11 Å². The molecule has 0 radical (unpaired) electrons. The zero-order valence-corrected chi connectivity index (χ0v) is 12.0. The lowest BCUT2D eigenvalue weighted by atomic mass is 10.1. The van der Waals surface area contributed by atoms with Crippen LogP contribution >= 0.6 is 0 Å². The van der Waals surface area contributed by atoms with Crippen LogP contribution in [0.15, 0.2) is 42.5 Å². The number of fused-ring (bicyclic) bond motifs is 1. The molecule has 0 N–H and O–H groups in total. The quantitative estimate of drug-likeness (QED) is 0.689. The predicted molar refractivity (Wildman–Crippen MR) is 82.0 cm³/mol. The van der Waals surface area contributed by atoms with Gasteiger partial charge in [0.15, 0.2) is 6.29 Å². The third-order valence-corrected chi connectivity index (χ3v) is 3.62. The SMILES string of the molecule is COc1ccc(Cn2nc(C=O)c3c(C)cccc32)cc1. The summed E-state index contributed by atoms with van der Waals surface area (Å²) in [5.41, 5.74) is 3.65. The lowest BCUT2D eigenvalue weighted by Crippen LogP contribution is -2.02. The van der Waals surface area contributed by atoms with Crippen molar-refractivity contribution in [2.75, 3.05) is 7.11 Å². The maximum atomic E-state index is 11.2. The van der Waals surface area contributed by atoms with Crippen molar-refractivity contribution in [2.45, 2.75) is 13.5 Å². The molecule has 2 aromatic carbocycles. The van der Waals surface area contributed by atoms with Gasteiger partial charge >= 0.3 is 0 Å². The Morgan fingerprint density at radius 1 is 1.19 bits per heavy atom. The van der Waals surface area contributed by atoms with E-state index in [0.29, 0.717) is 12.2 Å². The van der Waals surface area contributed by atoms with Gasteiger partial charge in [-0.05, 0) is 36.2 Å². The summed E-state index contributed by atoms with van der Waals surface area (Å²) in [4.78, 5) is 11.2. The second-order valence-corrected chi connectivity index (χ2v) is 4.98. The van der Waals surface area contributed by atoms with Crippen LogP contribution in [0.2, 0.25) is 0 Å². The molecule has 3 aromatic rings. The molecule has 0 amide bonds. The molecule has 3 rings (SSSR count). The van der Waals surface area contributed by atoms with E-state index in [2.05, 4.69) is 5.10 Å². The highest BCUT2D eigenvalue weighted by Crippen LogP contribution is 2.22. The van der Waals surface area contributed by atoms with Crippen molar-refractivity contribution in [2.24, 2.45) is 0 Å². The number of benzene rings is 2. The fourth-order valence-corrected chi connectivity index (χ4v) is 2.54. The van der Waals surface area contributed by atoms with Gasteiger partial charge < -0.3 is 4.74 Å². The van der Waals surface area contributed by atoms with Crippen LogP contribution in [0, 0.1) is 6.92 Å². The summed E-state index contributed by atoms with van der Waals surface area (Å²) >= 11 is 0. The van der Waals surface area contributed by atoms with Gasteiger partial charge in [0, 0.05) is 5.39 Å². The van der Waals surface area contributed by atoms with Crippen LogP contribution in [0.1, 0.15) is 21.6 Å². The van der Waals surface area contributed by atoms with E-state index in [4.69, 9.17) is 4.74 Å². The minimum absolute atomic E-state index is 0.497. The molecule has 0 unspecified atom stereocenters. The van der Waals surface area contributed by atoms with Crippen molar-refractivity contribution in [1.82, 2.24) is 9.78 Å². The Bertz CT molecular complexity index is 788. The first-order chi connectivity index (χ1) is 10.2. The number of carbonyl (C=O) groups is 1. The summed E-state index contributed by atoms with van der Waals surface area (Å²) in [5.74, 6) is 0.827. The van der Waals surface area contributed by atoms with Gasteiger partial charge in [0.1, 0.15) is 11.4 Å². The van der Waals surface area contributed by atoms with E-state index in [1.807, 2.05) is 54.1 Å². The van der Waals surface area contributed by atoms with Crippen LogP contribution in [0.25, 0.3) is 10.9 Å². The van der Waals surface area contributed by atoms with Gasteiger partial charge in [-0.3, -0.25) is 9.48 Å². The van der Waals surface area contributed by atoms with Gasteiger partial charge in [0.05, 0.1) is 19.2 Å². The molecule has 0 bridgehead atoms. The molecule has 21 heavy (non-hydrogen) atoms. The first kappa shape index (κ1) is 13.4. The van der Waals surface area contributed by atoms with Crippen molar-refractivity contribution < 1.29 is 9.53 Å². The fraction of sp³-hybridized carbons (Fsp3) is 0.176. The van der Waals surface area contributed by atoms with Gasteiger partial charge in [-0.2, -0.15) is 5.10 Å². The van der Waals surface area contributed by atoms with Crippen molar-refractivity contribution in [3.05, 3.63) is 59.3 Å². The highest BCUT2D eigenvalue weighted by Gasteiger charge is 2.12. The number of aromatic nitrogens is 2. The number of aldehydes is 1. The van der Waals surface area contributed by atoms with E-state index in [9.17, 15) is 4.79 Å². The third kappa shape index (κ3) is 2.40. The topological polar surface area (TPSA) is 44.1 Å². The third-order valence-electron chi connectivity index (χ3n) is 3.62. The molecule has 106 valence electrons. The molecule has 0 spiro atoms. The summed E-state index contributed by atoms with van der Waals surface area (Å²) in [7, 11) is 1.65. The lowest BCUT2D eigenvalue weighted by molar-refractivity contribution is 0.111. The number of methoxy groups -OCH3 is 1. The number of carbonyl (C=O) groups excluding carboxylic acids is 1. The van der Waals surface area contributed by atoms with E-state index in [-0.39, 0.29) is 0 Å². The molecule has 0 saturated carbocycles. The smallest absolute Gasteiger partial charge is 0.170 e. The highest BCUT2D eigenvalue weighted by molar-refractivity contribution is 5.97. The van der Waals surface area contributed by atoms with Crippen molar-refractivity contribution in [3.8, 4) is 5.75 Å². The normalized spacial score (nSPS) is 10.8. The molecular weight excluding hydrogens is 264 g/mol. The summed E-state index contributed by atoms with van der Waals surface area (Å²) in [6.45, 7) is 2.62. The molecule has 0 aliphatic heterocycles. The molecule has 4 nitrogen and oxygen atoms in total. The van der Waals surface area contributed by atoms with Crippen molar-refractivity contribution in [3.63, 3.8) is 0 Å². The number of ether oxygens (including phenoxy) is 1. The Kier molecular flexibility index (Phi) is 3.44. The summed E-state index contributed by atoms with van der Waals surface area (Å²) in [6.07, 6.45) is 0.819. The van der Waals surface area contributed by atoms with E-state index >= 15 is 0 Å². The molecule has 0 atom stereocenters. The van der Waals surface area contributed by atoms with Crippen LogP contribution in [-0.4, -0.2) is 23.2 Å². The van der Waals surface area contributed by atoms with Gasteiger partial charge in [-0.25, -0.2) is 0 Å². The zero-order chi connectivity index (χ0) is 14.8. The standard InChI is InChI=1S/C17H16N2O2/c1-12-4-3-5-16-17(12)15(11-20)18-19(16)10-13-6-8-14(21-2)9-7-13/h3-9,11H,10H2,1-2H3. The fourth-order valence-electron chi connectivity index (χ4n) is 2.54. The Morgan fingerprint density at radius 2 is 1.95 bits per heavy atom. The largest absolute Gasteiger partial charge is 0.497 e. The first-order valence-corrected chi connectivity index (χ1v) is 6.77. The van der Waals surface area contributed by atoms with Gasteiger partial charge in [0.25, 0.3) is 0 Å². The molecule has 1 heterocycles. The molecule has 4 heteroatoms. The predicted octanol–water partition coefficient (Wildman–Crippen LogP) is 3.21. The number of rotatable bonds is 4. The van der Waals surface area contributed by atoms with Gasteiger partial charge in [-0.15, -0.1) is 0 Å². The van der Waals surface area contributed by atoms with Crippen LogP contribution in [0.3, 0.4) is 0 Å². The average Bonchev–Trinajstić information content (AvgIpc) is 2.87. The number of aryl methyl sites for hydroxylation is 1. The Labute approximate surface area is 123 Å². The van der Waals surface area contributed by atoms with Gasteiger partial charge in [-0.1, -0.05) is 24.3 Å². The highest BCUT2D eigenvalue weighted by atomic mass is 16.5. The van der Waals surface area contributed by atoms with Crippen molar-refractivity contribution >= 4 is 17.2 Å². The maximum absolute atomic E-state index is 11.2. The van der Waals surface area contributed by atoms with E-state index in [0.717, 1.165) is 34.1 Å². The summed E-state index contributed by atoms with van der Waals surface area (Å²) < 4.78 is 7.03. The van der Waals surface area contributed by atoms with E-state index < -0.39 is 0 Å². The van der Waals surface area contributed by atoms with Crippen LogP contribution < -0.4 is 4.74 Å². The van der Waals surface area contributed by atoms with Crippen LogP contribution in [0.5, 0.6) is 5.75 Å². The number of nitrogens with zero attached hydrogens (tertiary/aromatic N) is 2. The van der Waals surface area contributed by atoms with Crippen LogP contribution in [-0.2, 0) is 6.54 Å². The molecular formula is C17H16N2O2. The monoisotopic (exact) mass is 280 g/mol. The first-order valence-electron chi connectivity index (χ1n) is 6.77. The second kappa shape index (κ2) is 5.40. The maximum Gasteiger partial charge on any atom is 0.170 e. The Hall–Kier alpha value is -2.62. The van der Waals surface area contributed by atoms with Gasteiger partial charge in [0.2, 0.25) is 0 Å². The summed E-state index contributed by atoms with van der Waals surface area (Å²) in [5, 5.41) is 5.36. The minimum atomic E-state index is 0.497. The lowest BCUT2D eigenvalue weighted by Gasteiger charge is -2.05. The summed E-state index contributed by atoms with van der Waals surface area (Å²) in [6, 6.07) is 13.8. The Balaban J connectivity index is 2.04. The zero-order valence-electron chi connectivity index (χ0n) is 12.0. The molecule has 0 fully saturated rings. The van der Waals surface area contributed by atoms with Crippen LogP contribution in [0.4, 0.5) is 0 Å². The minimum Gasteiger partial charge on any atom is -0.497 e. The number of hydrogen-bond donors (Lipinski definition) is 0. The average molecular weight is 280 g/mol. The molecule has 1 aromatic heterocycles. The molecule has 0 saturated heterocycles. The van der Waals surface area contributed by atoms with E-state index in [1.165, 1.54) is 0 Å². The second-order valence-electron chi connectivity index (χ2n) is 4.98. The van der Waals surface area contributed by atoms with Crippen molar-refractivity contribution in [1.29, 1.82) is 0 Å². The molecule has 0 aliphatic rings. The number of hydrogen-bond acceptors (Lipinski definition) is 3.